The Morgan fingerprint density at radius 3 is 3.07 bits per heavy atom. The summed E-state index contributed by atoms with van der Waals surface area (Å²) in [6.07, 6.45) is 8.70. The number of hydrogen-bond acceptors (Lipinski definition) is 3. The quantitative estimate of drug-likeness (QED) is 0.796. The van der Waals surface area contributed by atoms with Gasteiger partial charge in [0.25, 0.3) is 0 Å². The van der Waals surface area contributed by atoms with E-state index < -0.39 is 0 Å². The van der Waals surface area contributed by atoms with Crippen molar-refractivity contribution in [1.82, 2.24) is 14.7 Å². The maximum atomic E-state index is 4.55. The van der Waals surface area contributed by atoms with Gasteiger partial charge in [-0.25, -0.2) is 4.98 Å². The number of aromatic nitrogens is 2. The first-order valence-corrected chi connectivity index (χ1v) is 6.12. The van der Waals surface area contributed by atoms with Crippen LogP contribution in [0, 0.1) is 0 Å². The topological polar surface area (TPSA) is 29.3 Å². The molecule has 1 aliphatic rings. The minimum absolute atomic E-state index is 1.08. The molecule has 0 aromatic carbocycles. The molecule has 3 heterocycles. The first-order valence-electron chi connectivity index (χ1n) is 5.24. The molecular weight excluding hydrogens is 206 g/mol. The highest BCUT2D eigenvalue weighted by molar-refractivity contribution is 7.15. The van der Waals surface area contributed by atoms with Crippen LogP contribution in [-0.2, 0) is 0 Å². The Morgan fingerprint density at radius 2 is 2.27 bits per heavy atom. The molecule has 1 fully saturated rings. The number of rotatable bonds is 1. The van der Waals surface area contributed by atoms with Gasteiger partial charge in [-0.1, -0.05) is 5.57 Å². The minimum atomic E-state index is 1.08. The van der Waals surface area contributed by atoms with Crippen molar-refractivity contribution in [2.45, 2.75) is 12.8 Å². The Hall–Kier alpha value is -1.13. The van der Waals surface area contributed by atoms with Crippen molar-refractivity contribution in [3.05, 3.63) is 29.0 Å². The first-order chi connectivity index (χ1) is 7.42. The summed E-state index contributed by atoms with van der Waals surface area (Å²) in [5, 5.41) is 5.42. The van der Waals surface area contributed by atoms with Crippen molar-refractivity contribution in [2.24, 2.45) is 0 Å². The molecule has 4 heteroatoms. The third kappa shape index (κ3) is 1.82. The van der Waals surface area contributed by atoms with Gasteiger partial charge in [-0.05, 0) is 32.0 Å². The van der Waals surface area contributed by atoms with E-state index in [0.29, 0.717) is 0 Å². The molecule has 1 saturated heterocycles. The van der Waals surface area contributed by atoms with Crippen LogP contribution in [0.2, 0.25) is 0 Å². The van der Waals surface area contributed by atoms with E-state index in [1.54, 1.807) is 11.3 Å². The molecule has 0 radical (unpaired) electrons. The van der Waals surface area contributed by atoms with Gasteiger partial charge in [0.2, 0.25) is 0 Å². The number of piperidine rings is 1. The maximum Gasteiger partial charge on any atom is 0.194 e. The number of hydrogen-bond donors (Lipinski definition) is 1. The van der Waals surface area contributed by atoms with Gasteiger partial charge in [-0.2, -0.15) is 0 Å². The molecule has 78 valence electrons. The summed E-state index contributed by atoms with van der Waals surface area (Å²) in [5.74, 6) is 0. The van der Waals surface area contributed by atoms with Crippen LogP contribution < -0.4 is 5.32 Å². The van der Waals surface area contributed by atoms with E-state index >= 15 is 0 Å². The summed E-state index contributed by atoms with van der Waals surface area (Å²) in [6, 6.07) is 0. The monoisotopic (exact) mass is 219 g/mol. The molecule has 0 atom stereocenters. The summed E-state index contributed by atoms with van der Waals surface area (Å²) in [6.45, 7) is 2.21. The van der Waals surface area contributed by atoms with E-state index in [4.69, 9.17) is 0 Å². The molecule has 0 bridgehead atoms. The van der Waals surface area contributed by atoms with Crippen LogP contribution in [0.4, 0.5) is 0 Å². The van der Waals surface area contributed by atoms with Crippen molar-refractivity contribution in [3.63, 3.8) is 0 Å². The second-order valence-corrected chi connectivity index (χ2v) is 4.68. The van der Waals surface area contributed by atoms with E-state index in [0.717, 1.165) is 36.6 Å². The summed E-state index contributed by atoms with van der Waals surface area (Å²) in [5.41, 5.74) is 2.61. The zero-order valence-electron chi connectivity index (χ0n) is 8.44. The van der Waals surface area contributed by atoms with Crippen LogP contribution in [0.1, 0.15) is 18.5 Å². The van der Waals surface area contributed by atoms with Gasteiger partial charge in [0, 0.05) is 17.8 Å². The highest BCUT2D eigenvalue weighted by Gasteiger charge is 2.06. The molecule has 0 unspecified atom stereocenters. The molecule has 0 aliphatic carbocycles. The molecule has 1 aliphatic heterocycles. The van der Waals surface area contributed by atoms with E-state index in [9.17, 15) is 0 Å². The first kappa shape index (κ1) is 9.12. The Balaban J connectivity index is 1.90. The van der Waals surface area contributed by atoms with Gasteiger partial charge in [-0.15, -0.1) is 11.3 Å². The normalized spacial score (nSPS) is 17.2. The largest absolute Gasteiger partial charge is 0.316 e. The molecule has 3 rings (SSSR count). The average molecular weight is 219 g/mol. The molecule has 2 aromatic rings. The molecule has 1 N–H and O–H groups in total. The van der Waals surface area contributed by atoms with Crippen LogP contribution in [0.15, 0.2) is 23.3 Å². The zero-order chi connectivity index (χ0) is 10.1. The van der Waals surface area contributed by atoms with E-state index in [1.807, 2.05) is 0 Å². The Morgan fingerprint density at radius 1 is 1.40 bits per heavy atom. The second-order valence-electron chi connectivity index (χ2n) is 3.81. The number of thiazole rings is 1. The van der Waals surface area contributed by atoms with Crippen molar-refractivity contribution < 1.29 is 0 Å². The summed E-state index contributed by atoms with van der Waals surface area (Å²) in [7, 11) is 0. The molecule has 2 aromatic heterocycles. The Labute approximate surface area is 92.5 Å². The fraction of sp³-hybridized carbons (Fsp3) is 0.364. The molecule has 0 spiro atoms. The fourth-order valence-corrected chi connectivity index (χ4v) is 2.62. The summed E-state index contributed by atoms with van der Waals surface area (Å²) >= 11 is 1.68. The van der Waals surface area contributed by atoms with Crippen LogP contribution in [0.3, 0.4) is 0 Å². The summed E-state index contributed by atoms with van der Waals surface area (Å²) < 4.78 is 2.08. The third-order valence-corrected chi connectivity index (χ3v) is 3.48. The lowest BCUT2D eigenvalue weighted by Gasteiger charge is -2.14. The fourth-order valence-electron chi connectivity index (χ4n) is 1.92. The molecule has 15 heavy (non-hydrogen) atoms. The van der Waals surface area contributed by atoms with Gasteiger partial charge in [0.05, 0.1) is 5.69 Å². The predicted octanol–water partition coefficient (Wildman–Crippen LogP) is 2.16. The SMILES string of the molecule is C(=C1CCNCC1)c1cn2ccsc2n1. The lowest BCUT2D eigenvalue weighted by atomic mass is 10.0. The minimum Gasteiger partial charge on any atom is -0.316 e. The van der Waals surface area contributed by atoms with Gasteiger partial charge >= 0.3 is 0 Å². The average Bonchev–Trinajstić information content (AvgIpc) is 2.79. The molecule has 3 nitrogen and oxygen atoms in total. The van der Waals surface area contributed by atoms with Crippen LogP contribution in [-0.4, -0.2) is 22.5 Å². The predicted molar refractivity (Wildman–Crippen MR) is 63.1 cm³/mol. The summed E-state index contributed by atoms with van der Waals surface area (Å²) in [4.78, 5) is 5.63. The van der Waals surface area contributed by atoms with Gasteiger partial charge in [-0.3, -0.25) is 4.40 Å². The third-order valence-electron chi connectivity index (χ3n) is 2.71. The zero-order valence-corrected chi connectivity index (χ0v) is 9.26. The van der Waals surface area contributed by atoms with Crippen LogP contribution >= 0.6 is 11.3 Å². The van der Waals surface area contributed by atoms with Crippen molar-refractivity contribution >= 4 is 22.4 Å². The number of nitrogens with one attached hydrogen (secondary N) is 1. The number of nitrogens with zero attached hydrogens (tertiary/aromatic N) is 2. The van der Waals surface area contributed by atoms with Crippen molar-refractivity contribution in [1.29, 1.82) is 0 Å². The van der Waals surface area contributed by atoms with Crippen molar-refractivity contribution in [2.75, 3.05) is 13.1 Å². The van der Waals surface area contributed by atoms with Gasteiger partial charge < -0.3 is 5.32 Å². The van der Waals surface area contributed by atoms with E-state index in [-0.39, 0.29) is 0 Å². The van der Waals surface area contributed by atoms with E-state index in [1.165, 1.54) is 5.57 Å². The number of imidazole rings is 1. The molecule has 0 amide bonds. The maximum absolute atomic E-state index is 4.55. The second kappa shape index (κ2) is 3.79. The number of fused-ring (bicyclic) bond motifs is 1. The standard InChI is InChI=1S/C11H13N3S/c1-3-12-4-2-9(1)7-10-8-14-5-6-15-11(14)13-10/h5-8,12H,1-4H2. The van der Waals surface area contributed by atoms with Crippen LogP contribution in [0.5, 0.6) is 0 Å². The smallest absolute Gasteiger partial charge is 0.194 e. The lowest BCUT2D eigenvalue weighted by Crippen LogP contribution is -2.22. The highest BCUT2D eigenvalue weighted by Crippen LogP contribution is 2.17. The lowest BCUT2D eigenvalue weighted by molar-refractivity contribution is 0.613. The molecule has 0 saturated carbocycles. The molecular formula is C11H13N3S. The van der Waals surface area contributed by atoms with Crippen molar-refractivity contribution in [3.8, 4) is 0 Å². The van der Waals surface area contributed by atoms with Gasteiger partial charge in [0.1, 0.15) is 0 Å². The van der Waals surface area contributed by atoms with Gasteiger partial charge in [0.15, 0.2) is 4.96 Å². The Kier molecular flexibility index (Phi) is 2.31. The highest BCUT2D eigenvalue weighted by atomic mass is 32.1. The van der Waals surface area contributed by atoms with Crippen LogP contribution in [0.25, 0.3) is 11.0 Å². The van der Waals surface area contributed by atoms with E-state index in [2.05, 4.69) is 38.6 Å². The Bertz CT molecular complexity index is 458.